The van der Waals surface area contributed by atoms with E-state index in [1.807, 2.05) is 11.9 Å². The molecule has 9 heteroatoms. The minimum atomic E-state index is -0.874. The number of ether oxygens (including phenoxy) is 2. The molecule has 1 aromatic heterocycles. The van der Waals surface area contributed by atoms with Crippen LogP contribution in [0.3, 0.4) is 0 Å². The van der Waals surface area contributed by atoms with Crippen LogP contribution in [0.4, 0.5) is 14.6 Å². The summed E-state index contributed by atoms with van der Waals surface area (Å²) in [5, 5.41) is 0.483. The highest BCUT2D eigenvalue weighted by Gasteiger charge is 2.22. The Balaban J connectivity index is 1.51. The molecule has 3 aromatic rings. The van der Waals surface area contributed by atoms with Crippen molar-refractivity contribution < 1.29 is 18.3 Å². The summed E-state index contributed by atoms with van der Waals surface area (Å²) in [6.07, 6.45) is 0.842. The summed E-state index contributed by atoms with van der Waals surface area (Å²) < 4.78 is 41.4. The third kappa shape index (κ3) is 4.49. The Hall–Kier alpha value is -3.13. The summed E-state index contributed by atoms with van der Waals surface area (Å²) in [4.78, 5) is 18.2. The van der Waals surface area contributed by atoms with Gasteiger partial charge in [0.05, 0.1) is 0 Å². The maximum Gasteiger partial charge on any atom is 0.352 e. The summed E-state index contributed by atoms with van der Waals surface area (Å²) >= 11 is 5.80. The van der Waals surface area contributed by atoms with Crippen LogP contribution in [-0.2, 0) is 13.2 Å². The molecule has 6 nitrogen and oxygen atoms in total. The first kappa shape index (κ1) is 21.1. The number of hydrogen-bond acceptors (Lipinski definition) is 5. The van der Waals surface area contributed by atoms with Gasteiger partial charge in [-0.05, 0) is 55.3 Å². The number of halogens is 3. The van der Waals surface area contributed by atoms with E-state index in [-0.39, 0.29) is 29.8 Å². The number of nitrogens with zero attached hydrogens (tertiary/aromatic N) is 3. The van der Waals surface area contributed by atoms with E-state index in [4.69, 9.17) is 21.1 Å². The van der Waals surface area contributed by atoms with Gasteiger partial charge >= 0.3 is 5.69 Å². The van der Waals surface area contributed by atoms with Crippen molar-refractivity contribution in [3.63, 3.8) is 0 Å². The molecule has 0 radical (unpaired) electrons. The van der Waals surface area contributed by atoms with Gasteiger partial charge in [0.25, 0.3) is 0 Å². The lowest BCUT2D eigenvalue weighted by molar-refractivity contribution is 0.287. The van der Waals surface area contributed by atoms with Crippen molar-refractivity contribution in [3.05, 3.63) is 75.2 Å². The Morgan fingerprint density at radius 2 is 1.84 bits per heavy atom. The molecule has 0 N–H and O–H groups in total. The van der Waals surface area contributed by atoms with Crippen molar-refractivity contribution in [3.8, 4) is 17.4 Å². The number of rotatable bonds is 5. The van der Waals surface area contributed by atoms with E-state index in [1.165, 1.54) is 12.1 Å². The van der Waals surface area contributed by atoms with Crippen LogP contribution in [0.2, 0.25) is 5.02 Å². The zero-order valence-corrected chi connectivity index (χ0v) is 17.7. The molecule has 4 rings (SSSR count). The lowest BCUT2D eigenvalue weighted by Crippen LogP contribution is -2.41. The van der Waals surface area contributed by atoms with Crippen LogP contribution in [-0.4, -0.2) is 22.6 Å². The first-order valence-electron chi connectivity index (χ1n) is 9.70. The van der Waals surface area contributed by atoms with Crippen molar-refractivity contribution in [2.45, 2.75) is 32.5 Å². The molecule has 162 valence electrons. The van der Waals surface area contributed by atoms with Gasteiger partial charge in [-0.1, -0.05) is 11.6 Å². The van der Waals surface area contributed by atoms with Crippen LogP contribution in [0.15, 0.2) is 47.3 Å². The molecule has 1 aliphatic heterocycles. The molecular formula is C22H20ClF2N3O3. The predicted octanol–water partition coefficient (Wildman–Crippen LogP) is 4.77. The predicted molar refractivity (Wildman–Crippen MR) is 113 cm³/mol. The molecule has 0 saturated heterocycles. The summed E-state index contributed by atoms with van der Waals surface area (Å²) in [6, 6.07) is 10.3. The molecule has 2 heterocycles. The quantitative estimate of drug-likeness (QED) is 0.563. The molecule has 1 aliphatic rings. The second kappa shape index (κ2) is 8.55. The first-order chi connectivity index (χ1) is 14.8. The number of hydrogen-bond donors (Lipinski definition) is 0. The zero-order valence-electron chi connectivity index (χ0n) is 16.9. The normalized spacial score (nSPS) is 15.5. The standard InChI is InChI=1S/C22H20ClF2N3O3/c1-13-7-8-28-20(27(13)2)11-19(26-22(28)29)30-12-14-9-17(24)21(18(25)10-14)31-16-5-3-15(23)4-6-16/h3-6,9-11,13H,7-8,12H2,1-2H3/t13-/m1/s1. The highest BCUT2D eigenvalue weighted by Crippen LogP contribution is 2.30. The van der Waals surface area contributed by atoms with Gasteiger partial charge in [-0.15, -0.1) is 0 Å². The third-order valence-electron chi connectivity index (χ3n) is 5.24. The van der Waals surface area contributed by atoms with Gasteiger partial charge in [-0.3, -0.25) is 4.57 Å². The fraction of sp³-hybridized carbons (Fsp3) is 0.273. The van der Waals surface area contributed by atoms with E-state index in [1.54, 1.807) is 22.8 Å². The molecule has 31 heavy (non-hydrogen) atoms. The van der Waals surface area contributed by atoms with E-state index in [0.717, 1.165) is 18.6 Å². The Morgan fingerprint density at radius 1 is 1.16 bits per heavy atom. The lowest BCUT2D eigenvalue weighted by atomic mass is 10.1. The van der Waals surface area contributed by atoms with Crippen LogP contribution in [0, 0.1) is 11.6 Å². The Bertz CT molecular complexity index is 1140. The van der Waals surface area contributed by atoms with E-state index in [0.29, 0.717) is 17.4 Å². The number of benzene rings is 2. The Morgan fingerprint density at radius 3 is 2.52 bits per heavy atom. The first-order valence-corrected chi connectivity index (χ1v) is 10.1. The summed E-state index contributed by atoms with van der Waals surface area (Å²) in [6.45, 7) is 2.48. The average Bonchev–Trinajstić information content (AvgIpc) is 2.73. The number of fused-ring (bicyclic) bond motifs is 1. The van der Waals surface area contributed by atoms with Crippen LogP contribution < -0.4 is 20.1 Å². The molecule has 0 fully saturated rings. The molecule has 2 aromatic carbocycles. The maximum absolute atomic E-state index is 14.5. The van der Waals surface area contributed by atoms with E-state index < -0.39 is 23.1 Å². The molecule has 0 bridgehead atoms. The van der Waals surface area contributed by atoms with Gasteiger partial charge in [0.2, 0.25) is 5.88 Å². The minimum absolute atomic E-state index is 0.0968. The summed E-state index contributed by atoms with van der Waals surface area (Å²) in [5.74, 6) is -1.23. The van der Waals surface area contributed by atoms with E-state index >= 15 is 0 Å². The topological polar surface area (TPSA) is 56.6 Å². The van der Waals surface area contributed by atoms with Crippen LogP contribution >= 0.6 is 11.6 Å². The second-order valence-electron chi connectivity index (χ2n) is 7.37. The SMILES string of the molecule is C[C@@H]1CCn2c(cc(OCc3cc(F)c(Oc4ccc(Cl)cc4)c(F)c3)nc2=O)N1C. The summed E-state index contributed by atoms with van der Waals surface area (Å²) in [5.41, 5.74) is -0.185. The van der Waals surface area contributed by atoms with Crippen molar-refractivity contribution >= 4 is 17.4 Å². The van der Waals surface area contributed by atoms with Gasteiger partial charge in [0.15, 0.2) is 17.4 Å². The molecule has 1 atom stereocenters. The molecule has 0 saturated carbocycles. The van der Waals surface area contributed by atoms with Gasteiger partial charge in [-0.2, -0.15) is 4.98 Å². The van der Waals surface area contributed by atoms with Gasteiger partial charge in [-0.25, -0.2) is 13.6 Å². The average molecular weight is 448 g/mol. The van der Waals surface area contributed by atoms with Crippen LogP contribution in [0.5, 0.6) is 17.4 Å². The number of aromatic nitrogens is 2. The lowest BCUT2D eigenvalue weighted by Gasteiger charge is -2.34. The zero-order chi connectivity index (χ0) is 22.1. The van der Waals surface area contributed by atoms with Crippen molar-refractivity contribution in [1.29, 1.82) is 0 Å². The maximum atomic E-state index is 14.5. The van der Waals surface area contributed by atoms with Crippen LogP contribution in [0.25, 0.3) is 0 Å². The highest BCUT2D eigenvalue weighted by atomic mass is 35.5. The van der Waals surface area contributed by atoms with E-state index in [9.17, 15) is 13.6 Å². The molecule has 0 amide bonds. The fourth-order valence-electron chi connectivity index (χ4n) is 3.36. The molecule has 0 unspecified atom stereocenters. The monoisotopic (exact) mass is 447 g/mol. The van der Waals surface area contributed by atoms with Crippen LogP contribution in [0.1, 0.15) is 18.9 Å². The summed E-state index contributed by atoms with van der Waals surface area (Å²) in [7, 11) is 1.89. The van der Waals surface area contributed by atoms with Gasteiger partial charge < -0.3 is 14.4 Å². The smallest absolute Gasteiger partial charge is 0.352 e. The Kier molecular flexibility index (Phi) is 5.82. The van der Waals surface area contributed by atoms with Gasteiger partial charge in [0, 0.05) is 30.7 Å². The molecular weight excluding hydrogens is 428 g/mol. The van der Waals surface area contributed by atoms with Crippen molar-refractivity contribution in [2.24, 2.45) is 0 Å². The largest absolute Gasteiger partial charge is 0.473 e. The second-order valence-corrected chi connectivity index (χ2v) is 7.81. The fourth-order valence-corrected chi connectivity index (χ4v) is 3.48. The Labute approximate surface area is 182 Å². The van der Waals surface area contributed by atoms with Crippen molar-refractivity contribution in [1.82, 2.24) is 9.55 Å². The van der Waals surface area contributed by atoms with Crippen molar-refractivity contribution in [2.75, 3.05) is 11.9 Å². The molecule has 0 aliphatic carbocycles. The highest BCUT2D eigenvalue weighted by molar-refractivity contribution is 6.30. The minimum Gasteiger partial charge on any atom is -0.473 e. The number of anilines is 1. The van der Waals surface area contributed by atoms with Gasteiger partial charge in [0.1, 0.15) is 18.2 Å². The molecule has 0 spiro atoms. The van der Waals surface area contributed by atoms with E-state index in [2.05, 4.69) is 11.9 Å². The third-order valence-corrected chi connectivity index (χ3v) is 5.49.